The Balaban J connectivity index is 1.89. The van der Waals surface area contributed by atoms with Crippen LogP contribution in [-0.4, -0.2) is 20.4 Å². The maximum absolute atomic E-state index is 13.0. The number of aryl methyl sites for hydroxylation is 3. The molecule has 8 heteroatoms. The zero-order valence-corrected chi connectivity index (χ0v) is 19.4. The van der Waals surface area contributed by atoms with Gasteiger partial charge in [-0.2, -0.15) is 4.72 Å². The van der Waals surface area contributed by atoms with Crippen molar-refractivity contribution in [1.29, 1.82) is 0 Å². The molecule has 3 aromatic rings. The van der Waals surface area contributed by atoms with Crippen LogP contribution >= 0.6 is 0 Å². The monoisotopic (exact) mass is 457 g/mol. The number of fused-ring (bicyclic) bond motifs is 1. The number of carbonyl (C=O) groups excluding carboxylic acids is 1. The Bertz CT molecular complexity index is 1290. The Kier molecular flexibility index (Phi) is 7.16. The van der Waals surface area contributed by atoms with Crippen LogP contribution in [0.5, 0.6) is 5.75 Å². The van der Waals surface area contributed by atoms with E-state index in [0.717, 1.165) is 22.9 Å². The Morgan fingerprint density at radius 2 is 1.78 bits per heavy atom. The van der Waals surface area contributed by atoms with Gasteiger partial charge in [0.1, 0.15) is 17.4 Å². The molecule has 0 aliphatic heterocycles. The molecular weight excluding hydrogens is 430 g/mol. The summed E-state index contributed by atoms with van der Waals surface area (Å²) < 4.78 is 39.0. The lowest BCUT2D eigenvalue weighted by molar-refractivity contribution is -0.136. The lowest BCUT2D eigenvalue weighted by Crippen LogP contribution is -2.43. The second kappa shape index (κ2) is 9.67. The lowest BCUT2D eigenvalue weighted by atomic mass is 10.1. The predicted octanol–water partition coefficient (Wildman–Crippen LogP) is 4.16. The quantitative estimate of drug-likeness (QED) is 0.310. The number of hydrogen-bond donors (Lipinski definition) is 1. The third kappa shape index (κ3) is 5.26. The maximum atomic E-state index is 13.0. The summed E-state index contributed by atoms with van der Waals surface area (Å²) in [5.41, 5.74) is 2.02. The molecule has 170 valence electrons. The van der Waals surface area contributed by atoms with E-state index in [2.05, 4.69) is 4.72 Å². The van der Waals surface area contributed by atoms with Crippen LogP contribution in [0.3, 0.4) is 0 Å². The second-order valence-corrected chi connectivity index (χ2v) is 9.58. The van der Waals surface area contributed by atoms with Crippen LogP contribution in [0.15, 0.2) is 56.6 Å². The van der Waals surface area contributed by atoms with Crippen molar-refractivity contribution in [2.24, 2.45) is 0 Å². The van der Waals surface area contributed by atoms with E-state index in [1.165, 1.54) is 18.2 Å². The van der Waals surface area contributed by atoms with Crippen LogP contribution < -0.4 is 15.1 Å². The molecule has 0 radical (unpaired) electrons. The molecule has 0 spiro atoms. The van der Waals surface area contributed by atoms with Crippen molar-refractivity contribution < 1.29 is 22.4 Å². The molecule has 7 nitrogen and oxygen atoms in total. The highest BCUT2D eigenvalue weighted by molar-refractivity contribution is 7.89. The molecule has 3 rings (SSSR count). The van der Waals surface area contributed by atoms with Gasteiger partial charge in [0.05, 0.1) is 4.90 Å². The average Bonchev–Trinajstić information content (AvgIpc) is 2.73. The topological polar surface area (TPSA) is 103 Å². The summed E-state index contributed by atoms with van der Waals surface area (Å²) in [7, 11) is -3.91. The zero-order valence-electron chi connectivity index (χ0n) is 18.6. The van der Waals surface area contributed by atoms with Crippen molar-refractivity contribution in [3.8, 4) is 5.75 Å². The summed E-state index contributed by atoms with van der Waals surface area (Å²) >= 11 is 0. The molecule has 1 atom stereocenters. The van der Waals surface area contributed by atoms with E-state index in [4.69, 9.17) is 9.15 Å². The standard InChI is InChI=1S/C24H27NO6S/c1-5-6-7-20(25-32(28,29)18-10-8-15(2)9-11-18)24(27)30-21-13-12-19-16(3)14-22(26)31-23(19)17(21)4/h8-14,20,25H,5-7H2,1-4H3/t20-/m1/s1. The van der Waals surface area contributed by atoms with Gasteiger partial charge in [-0.05, 0) is 57.0 Å². The van der Waals surface area contributed by atoms with E-state index in [1.54, 1.807) is 38.1 Å². The highest BCUT2D eigenvalue weighted by Crippen LogP contribution is 2.28. The van der Waals surface area contributed by atoms with Gasteiger partial charge in [-0.15, -0.1) is 0 Å². The third-order valence-corrected chi connectivity index (χ3v) is 6.78. The molecule has 0 aliphatic rings. The number of ether oxygens (including phenoxy) is 1. The van der Waals surface area contributed by atoms with Crippen LogP contribution in [0.4, 0.5) is 0 Å². The average molecular weight is 458 g/mol. The normalized spacial score (nSPS) is 12.6. The largest absolute Gasteiger partial charge is 0.425 e. The zero-order chi connectivity index (χ0) is 23.5. The number of rotatable bonds is 8. The third-order valence-electron chi connectivity index (χ3n) is 5.29. The Hall–Kier alpha value is -2.97. The summed E-state index contributed by atoms with van der Waals surface area (Å²) in [4.78, 5) is 24.8. The van der Waals surface area contributed by atoms with Gasteiger partial charge in [0.25, 0.3) is 0 Å². The SMILES string of the molecule is CCCC[C@@H](NS(=O)(=O)c1ccc(C)cc1)C(=O)Oc1ccc2c(C)cc(=O)oc2c1C. The van der Waals surface area contributed by atoms with Gasteiger partial charge in [0.15, 0.2) is 0 Å². The number of hydrogen-bond acceptors (Lipinski definition) is 6. The first kappa shape index (κ1) is 23.7. The fourth-order valence-corrected chi connectivity index (χ4v) is 4.62. The van der Waals surface area contributed by atoms with E-state index >= 15 is 0 Å². The number of esters is 1. The van der Waals surface area contributed by atoms with Crippen molar-refractivity contribution in [2.45, 2.75) is 57.9 Å². The molecular formula is C24H27NO6S. The van der Waals surface area contributed by atoms with Crippen molar-refractivity contribution in [3.63, 3.8) is 0 Å². The summed E-state index contributed by atoms with van der Waals surface area (Å²) in [6.45, 7) is 7.30. The molecule has 0 saturated carbocycles. The molecule has 32 heavy (non-hydrogen) atoms. The summed E-state index contributed by atoms with van der Waals surface area (Å²) in [5.74, 6) is -0.501. The molecule has 0 unspecified atom stereocenters. The fourth-order valence-electron chi connectivity index (χ4n) is 3.40. The minimum absolute atomic E-state index is 0.0801. The van der Waals surface area contributed by atoms with Crippen LogP contribution in [0.1, 0.15) is 42.9 Å². The highest BCUT2D eigenvalue weighted by Gasteiger charge is 2.27. The van der Waals surface area contributed by atoms with Gasteiger partial charge >= 0.3 is 11.6 Å². The molecule has 2 aromatic carbocycles. The molecule has 1 heterocycles. The lowest BCUT2D eigenvalue weighted by Gasteiger charge is -2.18. The smallest absolute Gasteiger partial charge is 0.336 e. The summed E-state index contributed by atoms with van der Waals surface area (Å²) in [6, 6.07) is 10.1. The van der Waals surface area contributed by atoms with Crippen molar-refractivity contribution in [1.82, 2.24) is 4.72 Å². The van der Waals surface area contributed by atoms with E-state index < -0.39 is 27.7 Å². The number of benzene rings is 2. The molecule has 1 aromatic heterocycles. The first-order valence-electron chi connectivity index (χ1n) is 10.5. The predicted molar refractivity (Wildman–Crippen MR) is 122 cm³/mol. The maximum Gasteiger partial charge on any atom is 0.336 e. The first-order valence-corrected chi connectivity index (χ1v) is 12.0. The van der Waals surface area contributed by atoms with E-state index in [-0.39, 0.29) is 10.6 Å². The van der Waals surface area contributed by atoms with E-state index in [1.807, 2.05) is 13.8 Å². The van der Waals surface area contributed by atoms with Crippen molar-refractivity contribution in [3.05, 3.63) is 69.6 Å². The Labute approximate surface area is 187 Å². The minimum Gasteiger partial charge on any atom is -0.425 e. The molecule has 0 aliphatic carbocycles. The Morgan fingerprint density at radius 1 is 1.09 bits per heavy atom. The molecule has 1 N–H and O–H groups in total. The molecule has 0 bridgehead atoms. The molecule has 0 fully saturated rings. The van der Waals surface area contributed by atoms with E-state index in [9.17, 15) is 18.0 Å². The summed E-state index contributed by atoms with van der Waals surface area (Å²) in [6.07, 6.45) is 1.72. The number of sulfonamides is 1. The van der Waals surface area contributed by atoms with Gasteiger partial charge in [0.2, 0.25) is 10.0 Å². The van der Waals surface area contributed by atoms with Gasteiger partial charge in [-0.3, -0.25) is 0 Å². The van der Waals surface area contributed by atoms with Crippen LogP contribution in [-0.2, 0) is 14.8 Å². The number of unbranched alkanes of at least 4 members (excludes halogenated alkanes) is 1. The fraction of sp³-hybridized carbons (Fsp3) is 0.333. The van der Waals surface area contributed by atoms with Crippen LogP contribution in [0.2, 0.25) is 0 Å². The van der Waals surface area contributed by atoms with Crippen LogP contribution in [0.25, 0.3) is 11.0 Å². The Morgan fingerprint density at radius 3 is 2.44 bits per heavy atom. The first-order chi connectivity index (χ1) is 15.1. The van der Waals surface area contributed by atoms with Gasteiger partial charge in [-0.1, -0.05) is 37.5 Å². The van der Waals surface area contributed by atoms with Gasteiger partial charge in [-0.25, -0.2) is 18.0 Å². The number of carbonyl (C=O) groups is 1. The molecule has 0 amide bonds. The van der Waals surface area contributed by atoms with Gasteiger partial charge in [0, 0.05) is 17.0 Å². The second-order valence-electron chi connectivity index (χ2n) is 7.86. The van der Waals surface area contributed by atoms with Crippen LogP contribution in [0, 0.1) is 20.8 Å². The van der Waals surface area contributed by atoms with Gasteiger partial charge < -0.3 is 9.15 Å². The van der Waals surface area contributed by atoms with E-state index in [0.29, 0.717) is 24.0 Å². The summed E-state index contributed by atoms with van der Waals surface area (Å²) in [5, 5.41) is 0.740. The number of nitrogens with one attached hydrogen (secondary N) is 1. The minimum atomic E-state index is -3.91. The molecule has 0 saturated heterocycles. The highest BCUT2D eigenvalue weighted by atomic mass is 32.2. The van der Waals surface area contributed by atoms with Crippen molar-refractivity contribution >= 4 is 27.0 Å². The van der Waals surface area contributed by atoms with Crippen molar-refractivity contribution in [2.75, 3.05) is 0 Å².